The van der Waals surface area contributed by atoms with Gasteiger partial charge in [-0.2, -0.15) is 0 Å². The fraction of sp³-hybridized carbons (Fsp3) is 0.370. The Labute approximate surface area is 217 Å². The van der Waals surface area contributed by atoms with Gasteiger partial charge in [0.15, 0.2) is 5.82 Å². The van der Waals surface area contributed by atoms with E-state index in [1.54, 1.807) is 12.3 Å². The molecule has 0 spiro atoms. The minimum Gasteiger partial charge on any atom is -0.368 e. The van der Waals surface area contributed by atoms with E-state index in [0.717, 1.165) is 44.7 Å². The van der Waals surface area contributed by atoms with Crippen molar-refractivity contribution in [1.82, 2.24) is 30.1 Å². The van der Waals surface area contributed by atoms with Crippen LogP contribution in [0.25, 0.3) is 11.4 Å². The number of hydrogen-bond donors (Lipinski definition) is 3. The van der Waals surface area contributed by atoms with Crippen molar-refractivity contribution in [2.75, 3.05) is 56.4 Å². The lowest BCUT2D eigenvalue weighted by molar-refractivity contribution is -0.119. The second-order valence-electron chi connectivity index (χ2n) is 9.05. The van der Waals surface area contributed by atoms with E-state index in [4.69, 9.17) is 0 Å². The fourth-order valence-electron chi connectivity index (χ4n) is 4.22. The van der Waals surface area contributed by atoms with Crippen molar-refractivity contribution >= 4 is 23.5 Å². The van der Waals surface area contributed by atoms with Crippen molar-refractivity contribution in [3.05, 3.63) is 66.5 Å². The molecule has 4 rings (SSSR count). The topological polar surface area (TPSA) is 115 Å². The zero-order valence-corrected chi connectivity index (χ0v) is 21.2. The monoisotopic (exact) mass is 502 g/mol. The Morgan fingerprint density at radius 1 is 0.919 bits per heavy atom. The molecule has 0 unspecified atom stereocenters. The van der Waals surface area contributed by atoms with Crippen molar-refractivity contribution in [3.63, 3.8) is 0 Å². The van der Waals surface area contributed by atoms with Crippen LogP contribution < -0.4 is 16.0 Å². The number of benzene rings is 1. The highest BCUT2D eigenvalue weighted by molar-refractivity contribution is 5.92. The van der Waals surface area contributed by atoms with Crippen molar-refractivity contribution in [3.8, 4) is 11.4 Å². The zero-order chi connectivity index (χ0) is 25.9. The number of aromatic nitrogens is 3. The molecule has 3 N–H and O–H groups in total. The van der Waals surface area contributed by atoms with E-state index in [1.165, 1.54) is 12.5 Å². The van der Waals surface area contributed by atoms with Crippen LogP contribution >= 0.6 is 0 Å². The highest BCUT2D eigenvalue weighted by atomic mass is 16.2. The normalized spacial score (nSPS) is 14.5. The standard InChI is InChI=1S/C27H34N8O2/c1-21(36)29-11-12-30-24-17-25(33-27(32-24)23-8-3-2-4-9-23)31-26(37)20-35-14-6-13-34(15-16-35)19-22-7-5-10-28-18-22/h2-5,7-10,17-18H,6,11-16,19-20H2,1H3,(H,29,36)(H2,30,31,32,33,37). The molecule has 194 valence electrons. The van der Waals surface area contributed by atoms with Gasteiger partial charge in [0.25, 0.3) is 0 Å². The molecule has 2 aromatic heterocycles. The Kier molecular flexibility index (Phi) is 9.50. The summed E-state index contributed by atoms with van der Waals surface area (Å²) in [6, 6.07) is 15.4. The quantitative estimate of drug-likeness (QED) is 0.362. The molecule has 1 aliphatic heterocycles. The molecule has 0 saturated carbocycles. The van der Waals surface area contributed by atoms with Gasteiger partial charge in [-0.1, -0.05) is 36.4 Å². The summed E-state index contributed by atoms with van der Waals surface area (Å²) in [7, 11) is 0. The van der Waals surface area contributed by atoms with Gasteiger partial charge in [-0.3, -0.25) is 24.4 Å². The molecule has 37 heavy (non-hydrogen) atoms. The van der Waals surface area contributed by atoms with Gasteiger partial charge in [-0.05, 0) is 31.1 Å². The van der Waals surface area contributed by atoms with Crippen LogP contribution in [-0.2, 0) is 16.1 Å². The van der Waals surface area contributed by atoms with Crippen LogP contribution in [0.2, 0.25) is 0 Å². The Bertz CT molecular complexity index is 1160. The van der Waals surface area contributed by atoms with Crippen molar-refractivity contribution in [2.24, 2.45) is 0 Å². The molecule has 10 heteroatoms. The molecule has 10 nitrogen and oxygen atoms in total. The molecule has 1 fully saturated rings. The number of nitrogens with one attached hydrogen (secondary N) is 3. The first kappa shape index (κ1) is 26.2. The lowest BCUT2D eigenvalue weighted by atomic mass is 10.2. The molecule has 3 aromatic rings. The summed E-state index contributed by atoms with van der Waals surface area (Å²) in [5.41, 5.74) is 2.05. The summed E-state index contributed by atoms with van der Waals surface area (Å²) in [6.45, 7) is 7.20. The van der Waals surface area contributed by atoms with E-state index in [1.807, 2.05) is 42.6 Å². The first-order chi connectivity index (χ1) is 18.0. The van der Waals surface area contributed by atoms with Gasteiger partial charge >= 0.3 is 0 Å². The van der Waals surface area contributed by atoms with Crippen LogP contribution in [0.1, 0.15) is 18.9 Å². The maximum absolute atomic E-state index is 13.0. The van der Waals surface area contributed by atoms with Crippen LogP contribution in [0.15, 0.2) is 60.9 Å². The Hall–Kier alpha value is -3.89. The van der Waals surface area contributed by atoms with Crippen LogP contribution in [0.3, 0.4) is 0 Å². The van der Waals surface area contributed by atoms with E-state index in [2.05, 4.69) is 46.8 Å². The predicted molar refractivity (Wildman–Crippen MR) is 144 cm³/mol. The molecule has 1 saturated heterocycles. The van der Waals surface area contributed by atoms with Crippen LogP contribution in [0.4, 0.5) is 11.6 Å². The lowest BCUT2D eigenvalue weighted by Crippen LogP contribution is -2.36. The maximum Gasteiger partial charge on any atom is 0.239 e. The Balaban J connectivity index is 1.36. The minimum absolute atomic E-state index is 0.0869. The summed E-state index contributed by atoms with van der Waals surface area (Å²) < 4.78 is 0. The summed E-state index contributed by atoms with van der Waals surface area (Å²) in [4.78, 5) is 42.1. The van der Waals surface area contributed by atoms with Gasteiger partial charge in [0.1, 0.15) is 11.6 Å². The number of pyridine rings is 1. The smallest absolute Gasteiger partial charge is 0.239 e. The van der Waals surface area contributed by atoms with Gasteiger partial charge in [-0.25, -0.2) is 9.97 Å². The minimum atomic E-state index is -0.109. The summed E-state index contributed by atoms with van der Waals surface area (Å²) >= 11 is 0. The second kappa shape index (κ2) is 13.4. The molecule has 0 bridgehead atoms. The summed E-state index contributed by atoms with van der Waals surface area (Å²) in [6.07, 6.45) is 4.70. The van der Waals surface area contributed by atoms with Gasteiger partial charge in [-0.15, -0.1) is 0 Å². The van der Waals surface area contributed by atoms with Gasteiger partial charge in [0.05, 0.1) is 6.54 Å². The molecule has 0 aliphatic carbocycles. The third-order valence-corrected chi connectivity index (χ3v) is 6.01. The maximum atomic E-state index is 13.0. The van der Waals surface area contributed by atoms with Crippen LogP contribution in [0.5, 0.6) is 0 Å². The van der Waals surface area contributed by atoms with Crippen molar-refractivity contribution in [1.29, 1.82) is 0 Å². The molecular formula is C27H34N8O2. The average molecular weight is 503 g/mol. The fourth-order valence-corrected chi connectivity index (χ4v) is 4.22. The van der Waals surface area contributed by atoms with Crippen molar-refractivity contribution in [2.45, 2.75) is 19.9 Å². The number of amides is 2. The number of rotatable bonds is 10. The predicted octanol–water partition coefficient (Wildman–Crippen LogP) is 2.23. The van der Waals surface area contributed by atoms with E-state index in [-0.39, 0.29) is 11.8 Å². The summed E-state index contributed by atoms with van der Waals surface area (Å²) in [5.74, 6) is 1.34. The molecule has 0 radical (unpaired) electrons. The van der Waals surface area contributed by atoms with Crippen LogP contribution in [-0.4, -0.2) is 82.4 Å². The third-order valence-electron chi connectivity index (χ3n) is 6.01. The molecule has 0 atom stereocenters. The molecule has 3 heterocycles. The number of hydrogen-bond acceptors (Lipinski definition) is 8. The number of carbonyl (C=O) groups excluding carboxylic acids is 2. The SMILES string of the molecule is CC(=O)NCCNc1cc(NC(=O)CN2CCCN(Cc3cccnc3)CC2)nc(-c2ccccc2)n1. The van der Waals surface area contributed by atoms with E-state index in [0.29, 0.717) is 37.1 Å². The third kappa shape index (κ3) is 8.62. The van der Waals surface area contributed by atoms with Gasteiger partial charge in [0.2, 0.25) is 11.8 Å². The first-order valence-electron chi connectivity index (χ1n) is 12.6. The summed E-state index contributed by atoms with van der Waals surface area (Å²) in [5, 5.41) is 8.91. The van der Waals surface area contributed by atoms with E-state index in [9.17, 15) is 9.59 Å². The van der Waals surface area contributed by atoms with Gasteiger partial charge < -0.3 is 16.0 Å². The highest BCUT2D eigenvalue weighted by Gasteiger charge is 2.18. The Morgan fingerprint density at radius 2 is 1.70 bits per heavy atom. The lowest BCUT2D eigenvalue weighted by Gasteiger charge is -2.21. The molecular weight excluding hydrogens is 468 g/mol. The average Bonchev–Trinajstić information content (AvgIpc) is 3.12. The largest absolute Gasteiger partial charge is 0.368 e. The Morgan fingerprint density at radius 3 is 2.49 bits per heavy atom. The highest BCUT2D eigenvalue weighted by Crippen LogP contribution is 2.20. The number of carbonyl (C=O) groups is 2. The van der Waals surface area contributed by atoms with Crippen LogP contribution in [0, 0.1) is 0 Å². The zero-order valence-electron chi connectivity index (χ0n) is 21.2. The molecule has 2 amide bonds. The van der Waals surface area contributed by atoms with E-state index < -0.39 is 0 Å². The number of anilines is 2. The molecule has 1 aliphatic rings. The molecule has 1 aromatic carbocycles. The van der Waals surface area contributed by atoms with Crippen molar-refractivity contribution < 1.29 is 9.59 Å². The van der Waals surface area contributed by atoms with E-state index >= 15 is 0 Å². The van der Waals surface area contributed by atoms with Gasteiger partial charge in [0, 0.05) is 63.7 Å². The second-order valence-corrected chi connectivity index (χ2v) is 9.05. The first-order valence-corrected chi connectivity index (χ1v) is 12.6. The number of nitrogens with zero attached hydrogens (tertiary/aromatic N) is 5.